The van der Waals surface area contributed by atoms with Crippen LogP contribution in [0.3, 0.4) is 0 Å². The molecule has 2 heterocycles. The average molecular weight is 253 g/mol. The summed E-state index contributed by atoms with van der Waals surface area (Å²) >= 11 is 1.89. The Bertz CT molecular complexity index is 342. The molecule has 1 aromatic rings. The molecule has 0 aromatic carbocycles. The maximum atomic E-state index is 4.64. The Hall–Kier alpha value is -0.450. The van der Waals surface area contributed by atoms with Crippen molar-refractivity contribution in [2.24, 2.45) is 0 Å². The van der Waals surface area contributed by atoms with Gasteiger partial charge in [0.15, 0.2) is 0 Å². The van der Waals surface area contributed by atoms with Gasteiger partial charge in [-0.25, -0.2) is 4.98 Å². The van der Waals surface area contributed by atoms with Crippen molar-refractivity contribution in [1.82, 2.24) is 15.2 Å². The first-order valence-corrected chi connectivity index (χ1v) is 7.44. The van der Waals surface area contributed by atoms with E-state index in [9.17, 15) is 0 Å². The highest BCUT2D eigenvalue weighted by atomic mass is 32.1. The molecule has 1 aliphatic heterocycles. The van der Waals surface area contributed by atoms with Crippen LogP contribution in [-0.2, 0) is 0 Å². The second kappa shape index (κ2) is 5.94. The lowest BCUT2D eigenvalue weighted by atomic mass is 10.2. The molecule has 96 valence electrons. The molecule has 1 atom stereocenters. The van der Waals surface area contributed by atoms with E-state index < -0.39 is 0 Å². The van der Waals surface area contributed by atoms with E-state index >= 15 is 0 Å². The number of hydrogen-bond acceptors (Lipinski definition) is 4. The van der Waals surface area contributed by atoms with E-state index in [2.05, 4.69) is 42.2 Å². The molecule has 0 spiro atoms. The monoisotopic (exact) mass is 253 g/mol. The van der Waals surface area contributed by atoms with Crippen molar-refractivity contribution in [3.05, 3.63) is 16.1 Å². The molecule has 1 fully saturated rings. The van der Waals surface area contributed by atoms with Crippen LogP contribution < -0.4 is 5.32 Å². The van der Waals surface area contributed by atoms with Gasteiger partial charge in [0.05, 0.1) is 6.04 Å². The third-order valence-corrected chi connectivity index (χ3v) is 4.77. The average Bonchev–Trinajstić information content (AvgIpc) is 2.81. The van der Waals surface area contributed by atoms with Gasteiger partial charge in [-0.2, -0.15) is 0 Å². The largest absolute Gasteiger partial charge is 0.314 e. The summed E-state index contributed by atoms with van der Waals surface area (Å²) in [6.07, 6.45) is 3.22. The lowest BCUT2D eigenvalue weighted by Gasteiger charge is -2.33. The minimum atomic E-state index is 0.523. The van der Waals surface area contributed by atoms with Gasteiger partial charge in [0.2, 0.25) is 0 Å². The molecule has 2 rings (SSSR count). The summed E-state index contributed by atoms with van der Waals surface area (Å²) in [5.74, 6) is 0.599. The van der Waals surface area contributed by atoms with Crippen LogP contribution >= 0.6 is 11.3 Å². The number of nitrogens with one attached hydrogen (secondary N) is 1. The molecule has 0 aliphatic carbocycles. The topological polar surface area (TPSA) is 28.2 Å². The molecule has 0 radical (unpaired) electrons. The molecule has 1 N–H and O–H groups in total. The first kappa shape index (κ1) is 13.0. The van der Waals surface area contributed by atoms with E-state index in [4.69, 9.17) is 0 Å². The molecule has 1 unspecified atom stereocenters. The van der Waals surface area contributed by atoms with Gasteiger partial charge in [-0.15, -0.1) is 11.3 Å². The Morgan fingerprint density at radius 3 is 2.65 bits per heavy atom. The van der Waals surface area contributed by atoms with E-state index in [0.717, 1.165) is 32.6 Å². The molecule has 0 bridgehead atoms. The summed E-state index contributed by atoms with van der Waals surface area (Å²) in [6.45, 7) is 11.3. The summed E-state index contributed by atoms with van der Waals surface area (Å²) in [6, 6.07) is 0.523. The van der Waals surface area contributed by atoms with Crippen molar-refractivity contribution >= 4 is 11.3 Å². The highest BCUT2D eigenvalue weighted by Crippen LogP contribution is 2.31. The molecular weight excluding hydrogens is 230 g/mol. The SMILES string of the molecule is CCC(c1ncc(C(C)C)s1)N1CCNCC1. The van der Waals surface area contributed by atoms with Crippen molar-refractivity contribution < 1.29 is 0 Å². The van der Waals surface area contributed by atoms with E-state index in [-0.39, 0.29) is 0 Å². The third-order valence-electron chi connectivity index (χ3n) is 3.37. The quantitative estimate of drug-likeness (QED) is 0.894. The number of piperazine rings is 1. The fourth-order valence-corrected chi connectivity index (χ4v) is 3.44. The number of rotatable bonds is 4. The predicted octanol–water partition coefficient (Wildman–Crippen LogP) is 2.62. The van der Waals surface area contributed by atoms with Gasteiger partial charge in [-0.05, 0) is 12.3 Å². The van der Waals surface area contributed by atoms with Crippen LogP contribution in [0.4, 0.5) is 0 Å². The molecule has 1 aromatic heterocycles. The van der Waals surface area contributed by atoms with Crippen LogP contribution in [0, 0.1) is 0 Å². The number of hydrogen-bond donors (Lipinski definition) is 1. The Balaban J connectivity index is 2.10. The van der Waals surface area contributed by atoms with E-state index in [1.807, 2.05) is 11.3 Å². The molecular formula is C13H23N3S. The highest BCUT2D eigenvalue weighted by molar-refractivity contribution is 7.11. The lowest BCUT2D eigenvalue weighted by molar-refractivity contribution is 0.169. The number of thiazole rings is 1. The Morgan fingerprint density at radius 1 is 1.41 bits per heavy atom. The zero-order valence-corrected chi connectivity index (χ0v) is 11.9. The van der Waals surface area contributed by atoms with Gasteiger partial charge in [0.25, 0.3) is 0 Å². The van der Waals surface area contributed by atoms with E-state index in [1.54, 1.807) is 0 Å². The van der Waals surface area contributed by atoms with Gasteiger partial charge in [0.1, 0.15) is 5.01 Å². The summed E-state index contributed by atoms with van der Waals surface area (Å²) in [4.78, 5) is 8.62. The number of nitrogens with zero attached hydrogens (tertiary/aromatic N) is 2. The van der Waals surface area contributed by atoms with Crippen molar-refractivity contribution in [2.45, 2.75) is 39.2 Å². The van der Waals surface area contributed by atoms with Crippen LogP contribution in [0.5, 0.6) is 0 Å². The predicted molar refractivity (Wildman–Crippen MR) is 73.7 cm³/mol. The molecule has 4 heteroatoms. The minimum Gasteiger partial charge on any atom is -0.314 e. The van der Waals surface area contributed by atoms with Crippen molar-refractivity contribution in [3.63, 3.8) is 0 Å². The van der Waals surface area contributed by atoms with Crippen molar-refractivity contribution in [2.75, 3.05) is 26.2 Å². The van der Waals surface area contributed by atoms with Gasteiger partial charge in [-0.3, -0.25) is 4.90 Å². The van der Waals surface area contributed by atoms with E-state index in [1.165, 1.54) is 9.88 Å². The first-order valence-electron chi connectivity index (χ1n) is 6.62. The molecule has 1 aliphatic rings. The van der Waals surface area contributed by atoms with Crippen LogP contribution in [-0.4, -0.2) is 36.1 Å². The molecule has 0 amide bonds. The van der Waals surface area contributed by atoms with Gasteiger partial charge >= 0.3 is 0 Å². The highest BCUT2D eigenvalue weighted by Gasteiger charge is 2.23. The normalized spacial score (nSPS) is 19.8. The Kier molecular flexibility index (Phi) is 4.54. The van der Waals surface area contributed by atoms with Gasteiger partial charge < -0.3 is 5.32 Å². The Labute approximate surface area is 108 Å². The minimum absolute atomic E-state index is 0.523. The second-order valence-electron chi connectivity index (χ2n) is 4.97. The second-order valence-corrected chi connectivity index (χ2v) is 6.06. The molecule has 1 saturated heterocycles. The fourth-order valence-electron chi connectivity index (χ4n) is 2.30. The smallest absolute Gasteiger partial charge is 0.110 e. The summed E-state index contributed by atoms with van der Waals surface area (Å²) in [5, 5.41) is 4.71. The maximum Gasteiger partial charge on any atom is 0.110 e. The van der Waals surface area contributed by atoms with Crippen LogP contribution in [0.2, 0.25) is 0 Å². The zero-order valence-electron chi connectivity index (χ0n) is 11.1. The molecule has 3 nitrogen and oxygen atoms in total. The van der Waals surface area contributed by atoms with Crippen LogP contribution in [0.25, 0.3) is 0 Å². The number of aromatic nitrogens is 1. The summed E-state index contributed by atoms with van der Waals surface area (Å²) < 4.78 is 0. The van der Waals surface area contributed by atoms with Crippen LogP contribution in [0.15, 0.2) is 6.20 Å². The van der Waals surface area contributed by atoms with Crippen molar-refractivity contribution in [3.8, 4) is 0 Å². The summed E-state index contributed by atoms with van der Waals surface area (Å²) in [5.41, 5.74) is 0. The zero-order chi connectivity index (χ0) is 12.3. The standard InChI is InChI=1S/C13H23N3S/c1-4-11(16-7-5-14-6-8-16)13-15-9-12(17-13)10(2)3/h9-11,14H,4-8H2,1-3H3. The summed E-state index contributed by atoms with van der Waals surface area (Å²) in [7, 11) is 0. The maximum absolute atomic E-state index is 4.64. The van der Waals surface area contributed by atoms with E-state index in [0.29, 0.717) is 12.0 Å². The first-order chi connectivity index (χ1) is 8.22. The van der Waals surface area contributed by atoms with Crippen molar-refractivity contribution in [1.29, 1.82) is 0 Å². The lowest BCUT2D eigenvalue weighted by Crippen LogP contribution is -2.45. The fraction of sp³-hybridized carbons (Fsp3) is 0.769. The Morgan fingerprint density at radius 2 is 2.12 bits per heavy atom. The molecule has 0 saturated carbocycles. The molecule has 17 heavy (non-hydrogen) atoms. The van der Waals surface area contributed by atoms with Gasteiger partial charge in [-0.1, -0.05) is 20.8 Å². The van der Waals surface area contributed by atoms with Crippen LogP contribution in [0.1, 0.15) is 49.0 Å². The third kappa shape index (κ3) is 3.06. The van der Waals surface area contributed by atoms with Gasteiger partial charge in [0, 0.05) is 37.3 Å².